The van der Waals surface area contributed by atoms with Gasteiger partial charge in [0.2, 0.25) is 0 Å². The van der Waals surface area contributed by atoms with Crippen molar-refractivity contribution in [2.24, 2.45) is 11.8 Å². The largest absolute Gasteiger partial charge is 0.396 e. The minimum atomic E-state index is 0.285. The number of aliphatic hydroxyl groups is 1. The molecule has 3 rings (SSSR count). The molecule has 0 amide bonds. The van der Waals surface area contributed by atoms with Gasteiger partial charge in [-0.1, -0.05) is 18.6 Å². The van der Waals surface area contributed by atoms with Gasteiger partial charge < -0.3 is 10.0 Å². The maximum atomic E-state index is 9.74. The molecule has 2 aliphatic rings. The standard InChI is InChI=1S/C19H27N3O/c20-10-16-5-4-6-17(9-16)11-22-13-18(19(14-22)15-23)12-21-7-2-1-3-8-21/h4-6,9,18-19,23H,1-3,7-8,11-15H2/t18-,19-/m1/s1. The number of nitrogens with zero attached hydrogens (tertiary/aromatic N) is 3. The van der Waals surface area contributed by atoms with Gasteiger partial charge in [0.25, 0.3) is 0 Å². The Morgan fingerprint density at radius 1 is 1.09 bits per heavy atom. The molecule has 1 aromatic carbocycles. The molecule has 4 heteroatoms. The van der Waals surface area contributed by atoms with Gasteiger partial charge in [0.1, 0.15) is 0 Å². The van der Waals surface area contributed by atoms with Gasteiger partial charge in [-0.25, -0.2) is 0 Å². The molecule has 2 fully saturated rings. The summed E-state index contributed by atoms with van der Waals surface area (Å²) in [6.45, 7) is 6.75. The van der Waals surface area contributed by atoms with Crippen molar-refractivity contribution in [3.8, 4) is 6.07 Å². The number of hydrogen-bond donors (Lipinski definition) is 1. The zero-order valence-electron chi connectivity index (χ0n) is 13.8. The number of nitriles is 1. The van der Waals surface area contributed by atoms with Crippen molar-refractivity contribution in [1.29, 1.82) is 5.26 Å². The average molecular weight is 313 g/mol. The van der Waals surface area contributed by atoms with E-state index in [-0.39, 0.29) is 6.61 Å². The predicted molar refractivity (Wildman–Crippen MR) is 90.8 cm³/mol. The second-order valence-electron chi connectivity index (χ2n) is 7.07. The zero-order valence-corrected chi connectivity index (χ0v) is 13.8. The van der Waals surface area contributed by atoms with Crippen LogP contribution >= 0.6 is 0 Å². The lowest BCUT2D eigenvalue weighted by Crippen LogP contribution is -2.37. The highest BCUT2D eigenvalue weighted by Gasteiger charge is 2.33. The predicted octanol–water partition coefficient (Wildman–Crippen LogP) is 2.08. The van der Waals surface area contributed by atoms with Crippen molar-refractivity contribution in [3.05, 3.63) is 35.4 Å². The second kappa shape index (κ2) is 7.92. The van der Waals surface area contributed by atoms with Crippen LogP contribution in [0.15, 0.2) is 24.3 Å². The molecule has 0 radical (unpaired) electrons. The molecule has 0 unspecified atom stereocenters. The monoisotopic (exact) mass is 313 g/mol. The van der Waals surface area contributed by atoms with Crippen molar-refractivity contribution < 1.29 is 5.11 Å². The lowest BCUT2D eigenvalue weighted by Gasteiger charge is -2.30. The number of likely N-dealkylation sites (tertiary alicyclic amines) is 2. The SMILES string of the molecule is N#Cc1cccc(CN2C[C@@H](CN3CCCCC3)[C@@H](CO)C2)c1. The number of hydrogen-bond acceptors (Lipinski definition) is 4. The highest BCUT2D eigenvalue weighted by atomic mass is 16.3. The third-order valence-electron chi connectivity index (χ3n) is 5.29. The molecule has 1 N–H and O–H groups in total. The van der Waals surface area contributed by atoms with Crippen LogP contribution in [0.2, 0.25) is 0 Å². The van der Waals surface area contributed by atoms with Crippen molar-refractivity contribution in [1.82, 2.24) is 9.80 Å². The molecule has 2 heterocycles. The maximum Gasteiger partial charge on any atom is 0.0991 e. The van der Waals surface area contributed by atoms with Crippen LogP contribution < -0.4 is 0 Å². The van der Waals surface area contributed by atoms with Crippen LogP contribution in [-0.2, 0) is 6.54 Å². The third-order valence-corrected chi connectivity index (χ3v) is 5.29. The van der Waals surface area contributed by atoms with Crippen LogP contribution in [0.5, 0.6) is 0 Å². The van der Waals surface area contributed by atoms with Crippen LogP contribution in [0.1, 0.15) is 30.4 Å². The molecule has 0 aromatic heterocycles. The Morgan fingerprint density at radius 2 is 1.87 bits per heavy atom. The molecule has 1 aromatic rings. The van der Waals surface area contributed by atoms with Crippen LogP contribution in [0.3, 0.4) is 0 Å². The van der Waals surface area contributed by atoms with E-state index in [2.05, 4.69) is 21.9 Å². The summed E-state index contributed by atoms with van der Waals surface area (Å²) in [6, 6.07) is 10.1. The number of piperidine rings is 1. The normalized spacial score (nSPS) is 26.3. The van der Waals surface area contributed by atoms with Gasteiger partial charge >= 0.3 is 0 Å². The van der Waals surface area contributed by atoms with E-state index in [0.717, 1.165) is 31.7 Å². The fraction of sp³-hybridized carbons (Fsp3) is 0.632. The summed E-state index contributed by atoms with van der Waals surface area (Å²) in [5.41, 5.74) is 1.92. The van der Waals surface area contributed by atoms with Crippen LogP contribution in [0.4, 0.5) is 0 Å². The quantitative estimate of drug-likeness (QED) is 0.904. The zero-order chi connectivity index (χ0) is 16.1. The van der Waals surface area contributed by atoms with E-state index in [4.69, 9.17) is 5.26 Å². The summed E-state index contributed by atoms with van der Waals surface area (Å²) in [5, 5.41) is 18.8. The molecule has 0 aliphatic carbocycles. The summed E-state index contributed by atoms with van der Waals surface area (Å²) in [6.07, 6.45) is 4.01. The molecule has 2 aliphatic heterocycles. The molecule has 0 spiro atoms. The van der Waals surface area contributed by atoms with Gasteiger partial charge in [-0.2, -0.15) is 5.26 Å². The van der Waals surface area contributed by atoms with Gasteiger partial charge in [0.15, 0.2) is 0 Å². The Kier molecular flexibility index (Phi) is 5.66. The van der Waals surface area contributed by atoms with Crippen molar-refractivity contribution in [3.63, 3.8) is 0 Å². The average Bonchev–Trinajstić information content (AvgIpc) is 2.97. The van der Waals surface area contributed by atoms with E-state index in [0.29, 0.717) is 11.8 Å². The first-order valence-electron chi connectivity index (χ1n) is 8.83. The maximum absolute atomic E-state index is 9.74. The molecule has 124 valence electrons. The van der Waals surface area contributed by atoms with Crippen molar-refractivity contribution in [2.45, 2.75) is 25.8 Å². The van der Waals surface area contributed by atoms with Gasteiger partial charge in [0, 0.05) is 32.8 Å². The van der Waals surface area contributed by atoms with Gasteiger partial charge in [0.05, 0.1) is 11.6 Å². The Bertz CT molecular complexity index is 548. The number of aliphatic hydroxyl groups excluding tert-OH is 1. The van der Waals surface area contributed by atoms with E-state index in [1.165, 1.54) is 37.9 Å². The Morgan fingerprint density at radius 3 is 2.61 bits per heavy atom. The first kappa shape index (κ1) is 16.4. The van der Waals surface area contributed by atoms with Crippen molar-refractivity contribution in [2.75, 3.05) is 39.3 Å². The Labute approximate surface area is 139 Å². The number of rotatable bonds is 5. The third kappa shape index (κ3) is 4.32. The molecule has 4 nitrogen and oxygen atoms in total. The minimum absolute atomic E-state index is 0.285. The second-order valence-corrected chi connectivity index (χ2v) is 7.07. The highest BCUT2D eigenvalue weighted by Crippen LogP contribution is 2.26. The fourth-order valence-electron chi connectivity index (χ4n) is 4.05. The van der Waals surface area contributed by atoms with E-state index in [1.807, 2.05) is 18.2 Å². The highest BCUT2D eigenvalue weighted by molar-refractivity contribution is 5.32. The van der Waals surface area contributed by atoms with E-state index >= 15 is 0 Å². The van der Waals surface area contributed by atoms with Crippen LogP contribution in [-0.4, -0.2) is 54.2 Å². The summed E-state index contributed by atoms with van der Waals surface area (Å²) < 4.78 is 0. The first-order chi connectivity index (χ1) is 11.3. The molecule has 0 bridgehead atoms. The fourth-order valence-corrected chi connectivity index (χ4v) is 4.05. The smallest absolute Gasteiger partial charge is 0.0991 e. The molecular formula is C19H27N3O. The van der Waals surface area contributed by atoms with Gasteiger partial charge in [-0.15, -0.1) is 0 Å². The Hall–Kier alpha value is -1.41. The Balaban J connectivity index is 1.58. The van der Waals surface area contributed by atoms with Crippen LogP contribution in [0.25, 0.3) is 0 Å². The van der Waals surface area contributed by atoms with Gasteiger partial charge in [-0.05, 0) is 55.5 Å². The van der Waals surface area contributed by atoms with E-state index in [9.17, 15) is 5.11 Å². The molecule has 23 heavy (non-hydrogen) atoms. The molecular weight excluding hydrogens is 286 g/mol. The lowest BCUT2D eigenvalue weighted by molar-refractivity contribution is 0.149. The molecule has 2 saturated heterocycles. The van der Waals surface area contributed by atoms with Gasteiger partial charge in [-0.3, -0.25) is 4.90 Å². The van der Waals surface area contributed by atoms with E-state index < -0.39 is 0 Å². The summed E-state index contributed by atoms with van der Waals surface area (Å²) in [5.74, 6) is 0.952. The molecule has 0 saturated carbocycles. The van der Waals surface area contributed by atoms with E-state index in [1.54, 1.807) is 0 Å². The number of benzene rings is 1. The minimum Gasteiger partial charge on any atom is -0.396 e. The summed E-state index contributed by atoms with van der Waals surface area (Å²) in [4.78, 5) is 5.02. The summed E-state index contributed by atoms with van der Waals surface area (Å²) >= 11 is 0. The first-order valence-corrected chi connectivity index (χ1v) is 8.83. The summed E-state index contributed by atoms with van der Waals surface area (Å²) in [7, 11) is 0. The topological polar surface area (TPSA) is 50.5 Å². The van der Waals surface area contributed by atoms with Crippen molar-refractivity contribution >= 4 is 0 Å². The molecule has 2 atom stereocenters. The lowest BCUT2D eigenvalue weighted by atomic mass is 9.95. The van der Waals surface area contributed by atoms with Crippen LogP contribution in [0, 0.1) is 23.2 Å².